The number of carbonyl (C=O) groups is 1. The SMILES string of the molecule is CCOC(=O)CCN(CC1CC1)S(=O)(=O)c1ccc(S(=O)(=O)N2CCCCC2)cc1. The monoisotopic (exact) mass is 458 g/mol. The summed E-state index contributed by atoms with van der Waals surface area (Å²) in [4.78, 5) is 11.8. The van der Waals surface area contributed by atoms with Crippen molar-refractivity contribution in [1.29, 1.82) is 0 Å². The Labute approximate surface area is 179 Å². The number of rotatable bonds is 10. The molecule has 1 saturated carbocycles. The zero-order chi connectivity index (χ0) is 21.8. The van der Waals surface area contributed by atoms with Crippen LogP contribution in [-0.2, 0) is 29.6 Å². The zero-order valence-electron chi connectivity index (χ0n) is 17.3. The molecule has 0 radical (unpaired) electrons. The van der Waals surface area contributed by atoms with E-state index in [1.54, 1.807) is 6.92 Å². The highest BCUT2D eigenvalue weighted by molar-refractivity contribution is 7.89. The van der Waals surface area contributed by atoms with Gasteiger partial charge in [-0.25, -0.2) is 16.8 Å². The molecule has 1 saturated heterocycles. The van der Waals surface area contributed by atoms with Crippen LogP contribution in [0.2, 0.25) is 0 Å². The van der Waals surface area contributed by atoms with E-state index in [1.807, 2.05) is 0 Å². The van der Waals surface area contributed by atoms with Crippen molar-refractivity contribution in [1.82, 2.24) is 8.61 Å². The van der Waals surface area contributed by atoms with Crippen LogP contribution in [0.5, 0.6) is 0 Å². The Hall–Kier alpha value is -1.49. The van der Waals surface area contributed by atoms with Crippen LogP contribution in [-0.4, -0.2) is 64.2 Å². The Bertz CT molecular complexity index is 934. The molecule has 1 heterocycles. The second-order valence-corrected chi connectivity index (χ2v) is 11.7. The minimum absolute atomic E-state index is 0.0127. The van der Waals surface area contributed by atoms with Gasteiger partial charge in [0, 0.05) is 26.2 Å². The number of benzene rings is 1. The predicted octanol–water partition coefficient (Wildman–Crippen LogP) is 2.22. The Morgan fingerprint density at radius 1 is 1.03 bits per heavy atom. The van der Waals surface area contributed by atoms with Crippen LogP contribution in [0.25, 0.3) is 0 Å². The van der Waals surface area contributed by atoms with Gasteiger partial charge in [0.2, 0.25) is 20.0 Å². The molecule has 2 fully saturated rings. The second-order valence-electron chi connectivity index (χ2n) is 7.80. The van der Waals surface area contributed by atoms with Gasteiger partial charge in [-0.1, -0.05) is 6.42 Å². The van der Waals surface area contributed by atoms with Crippen molar-refractivity contribution in [2.24, 2.45) is 5.92 Å². The van der Waals surface area contributed by atoms with E-state index in [1.165, 1.54) is 32.9 Å². The lowest BCUT2D eigenvalue weighted by Crippen LogP contribution is -2.36. The fraction of sp³-hybridized carbons (Fsp3) is 0.650. The topological polar surface area (TPSA) is 101 Å². The molecule has 1 aromatic rings. The number of hydrogen-bond acceptors (Lipinski definition) is 6. The smallest absolute Gasteiger partial charge is 0.307 e. The van der Waals surface area contributed by atoms with E-state index < -0.39 is 26.0 Å². The molecule has 0 atom stereocenters. The molecule has 1 aliphatic carbocycles. The number of ether oxygens (including phenoxy) is 1. The maximum atomic E-state index is 13.1. The summed E-state index contributed by atoms with van der Waals surface area (Å²) >= 11 is 0. The van der Waals surface area contributed by atoms with Crippen LogP contribution >= 0.6 is 0 Å². The molecule has 0 N–H and O–H groups in total. The van der Waals surface area contributed by atoms with Crippen LogP contribution in [0.1, 0.15) is 45.4 Å². The first-order valence-corrected chi connectivity index (χ1v) is 13.4. The number of nitrogens with zero attached hydrogens (tertiary/aromatic N) is 2. The van der Waals surface area contributed by atoms with E-state index in [0.29, 0.717) is 25.6 Å². The Morgan fingerprint density at radius 2 is 1.63 bits per heavy atom. The third-order valence-corrected chi connectivity index (χ3v) is 9.24. The van der Waals surface area contributed by atoms with Crippen LogP contribution in [0.3, 0.4) is 0 Å². The molecule has 2 aliphatic rings. The Balaban J connectivity index is 1.76. The summed E-state index contributed by atoms with van der Waals surface area (Å²) in [5.41, 5.74) is 0. The van der Waals surface area contributed by atoms with Gasteiger partial charge >= 0.3 is 5.97 Å². The molecule has 0 amide bonds. The van der Waals surface area contributed by atoms with Gasteiger partial charge in [0.05, 0.1) is 22.8 Å². The molecule has 1 aliphatic heterocycles. The van der Waals surface area contributed by atoms with E-state index in [-0.39, 0.29) is 29.4 Å². The fourth-order valence-electron chi connectivity index (χ4n) is 3.53. The van der Waals surface area contributed by atoms with Gasteiger partial charge in [-0.15, -0.1) is 0 Å². The molecule has 168 valence electrons. The van der Waals surface area contributed by atoms with Crippen LogP contribution in [0.15, 0.2) is 34.1 Å². The van der Waals surface area contributed by atoms with Crippen molar-refractivity contribution >= 4 is 26.0 Å². The molecular weight excluding hydrogens is 428 g/mol. The summed E-state index contributed by atoms with van der Waals surface area (Å²) in [6.07, 6.45) is 4.62. The minimum atomic E-state index is -3.84. The minimum Gasteiger partial charge on any atom is -0.466 e. The first-order chi connectivity index (χ1) is 14.2. The maximum Gasteiger partial charge on any atom is 0.307 e. The Kier molecular flexibility index (Phi) is 7.54. The van der Waals surface area contributed by atoms with Gasteiger partial charge in [0.25, 0.3) is 0 Å². The third kappa shape index (κ3) is 5.60. The summed E-state index contributed by atoms with van der Waals surface area (Å²) < 4.78 is 59.5. The molecule has 30 heavy (non-hydrogen) atoms. The summed E-state index contributed by atoms with van der Waals surface area (Å²) in [5.74, 6) is -0.128. The third-order valence-electron chi connectivity index (χ3n) is 5.44. The zero-order valence-corrected chi connectivity index (χ0v) is 19.0. The quantitative estimate of drug-likeness (QED) is 0.498. The number of sulfonamides is 2. The lowest BCUT2D eigenvalue weighted by molar-refractivity contribution is -0.143. The molecule has 10 heteroatoms. The van der Waals surface area contributed by atoms with Crippen molar-refractivity contribution in [3.8, 4) is 0 Å². The second kappa shape index (κ2) is 9.76. The van der Waals surface area contributed by atoms with Crippen molar-refractivity contribution in [3.63, 3.8) is 0 Å². The molecule has 0 spiro atoms. The number of carbonyl (C=O) groups excluding carboxylic acids is 1. The molecule has 8 nitrogen and oxygen atoms in total. The Morgan fingerprint density at radius 3 is 2.20 bits per heavy atom. The molecule has 3 rings (SSSR count). The molecular formula is C20H30N2O6S2. The van der Waals surface area contributed by atoms with Gasteiger partial charge in [0.1, 0.15) is 0 Å². The van der Waals surface area contributed by atoms with Crippen LogP contribution in [0.4, 0.5) is 0 Å². The normalized spacial score (nSPS) is 18.5. The highest BCUT2D eigenvalue weighted by Gasteiger charge is 2.33. The van der Waals surface area contributed by atoms with Crippen LogP contribution < -0.4 is 0 Å². The number of piperidine rings is 1. The van der Waals surface area contributed by atoms with Crippen molar-refractivity contribution in [2.45, 2.75) is 55.2 Å². The average molecular weight is 459 g/mol. The van der Waals surface area contributed by atoms with Gasteiger partial charge in [-0.3, -0.25) is 4.79 Å². The number of esters is 1. The van der Waals surface area contributed by atoms with Gasteiger partial charge in [-0.2, -0.15) is 8.61 Å². The highest BCUT2D eigenvalue weighted by atomic mass is 32.2. The fourth-order valence-corrected chi connectivity index (χ4v) is 6.57. The largest absolute Gasteiger partial charge is 0.466 e. The van der Waals surface area contributed by atoms with E-state index in [4.69, 9.17) is 4.74 Å². The molecule has 0 bridgehead atoms. The summed E-state index contributed by atoms with van der Waals surface area (Å²) in [5, 5.41) is 0. The molecule has 1 aromatic carbocycles. The first kappa shape index (κ1) is 23.2. The lowest BCUT2D eigenvalue weighted by Gasteiger charge is -2.26. The average Bonchev–Trinajstić information content (AvgIpc) is 3.56. The van der Waals surface area contributed by atoms with E-state index >= 15 is 0 Å². The molecule has 0 unspecified atom stereocenters. The summed E-state index contributed by atoms with van der Waals surface area (Å²) in [6, 6.07) is 5.40. The summed E-state index contributed by atoms with van der Waals surface area (Å²) in [6.45, 7) is 3.34. The number of hydrogen-bond donors (Lipinski definition) is 0. The standard InChI is InChI=1S/C20H30N2O6S2/c1-2-28-20(23)12-15-22(16-17-6-7-17)30(26,27)19-10-8-18(9-11-19)29(24,25)21-13-4-3-5-14-21/h8-11,17H,2-7,12-16H2,1H3. The van der Waals surface area contributed by atoms with E-state index in [2.05, 4.69) is 0 Å². The maximum absolute atomic E-state index is 13.1. The first-order valence-electron chi connectivity index (χ1n) is 10.5. The predicted molar refractivity (Wildman–Crippen MR) is 112 cm³/mol. The molecule has 0 aromatic heterocycles. The summed E-state index contributed by atoms with van der Waals surface area (Å²) in [7, 11) is -7.45. The van der Waals surface area contributed by atoms with Crippen LogP contribution in [0, 0.1) is 5.92 Å². The van der Waals surface area contributed by atoms with Gasteiger partial charge in [-0.05, 0) is 62.8 Å². The van der Waals surface area contributed by atoms with E-state index in [0.717, 1.165) is 32.1 Å². The van der Waals surface area contributed by atoms with Crippen molar-refractivity contribution < 1.29 is 26.4 Å². The highest BCUT2D eigenvalue weighted by Crippen LogP contribution is 2.32. The van der Waals surface area contributed by atoms with Gasteiger partial charge in [0.15, 0.2) is 0 Å². The lowest BCUT2D eigenvalue weighted by atomic mass is 10.2. The van der Waals surface area contributed by atoms with E-state index in [9.17, 15) is 21.6 Å². The van der Waals surface area contributed by atoms with Crippen molar-refractivity contribution in [2.75, 3.05) is 32.8 Å². The van der Waals surface area contributed by atoms with Crippen molar-refractivity contribution in [3.05, 3.63) is 24.3 Å². The van der Waals surface area contributed by atoms with Gasteiger partial charge < -0.3 is 4.74 Å².